The van der Waals surface area contributed by atoms with Gasteiger partial charge in [0, 0.05) is 35.6 Å². The Morgan fingerprint density at radius 3 is 1.70 bits per heavy atom. The maximum atomic E-state index is 14.0. The zero-order chi connectivity index (χ0) is 31.3. The number of hydrogen-bond acceptors (Lipinski definition) is 9. The average Bonchev–Trinajstić information content (AvgIpc) is 3.04. The maximum absolute atomic E-state index is 14.0. The second kappa shape index (κ2) is 21.1. The Balaban J connectivity index is 1.63. The van der Waals surface area contributed by atoms with Crippen LogP contribution < -0.4 is 0 Å². The number of rotatable bonds is 21. The second-order valence-electron chi connectivity index (χ2n) is 10.0. The molecule has 0 aliphatic rings. The number of nitrogens with zero attached hydrogens (tertiary/aromatic N) is 1. The first-order valence-corrected chi connectivity index (χ1v) is 18.4. The van der Waals surface area contributed by atoms with E-state index in [9.17, 15) is 14.2 Å². The van der Waals surface area contributed by atoms with Crippen molar-refractivity contribution >= 4 is 43.7 Å². The predicted octanol–water partition coefficient (Wildman–Crippen LogP) is 8.71. The quantitative estimate of drug-likeness (QED) is 0.0482. The molecule has 8 nitrogen and oxygen atoms in total. The first-order valence-electron chi connectivity index (χ1n) is 14.9. The predicted molar refractivity (Wildman–Crippen MR) is 178 cm³/mol. The number of ether oxygens (including phenoxy) is 2. The van der Waals surface area contributed by atoms with E-state index in [2.05, 4.69) is 24.3 Å². The van der Waals surface area contributed by atoms with Crippen molar-refractivity contribution in [2.75, 3.05) is 30.9 Å². The van der Waals surface area contributed by atoms with Crippen LogP contribution in [-0.2, 0) is 46.2 Å². The number of unbranched alkanes of at least 4 members (excludes halogenated alkanes) is 1. The minimum absolute atomic E-state index is 0.00442. The molecule has 0 aliphatic carbocycles. The summed E-state index contributed by atoms with van der Waals surface area (Å²) in [5, 5.41) is 0. The van der Waals surface area contributed by atoms with Crippen molar-refractivity contribution in [1.29, 1.82) is 0 Å². The smallest absolute Gasteiger partial charge is 0.411 e. The number of benzene rings is 3. The highest BCUT2D eigenvalue weighted by Crippen LogP contribution is 2.55. The fraction of sp³-hybridized carbons (Fsp3) is 0.394. The minimum atomic E-state index is -3.89. The second-order valence-corrected chi connectivity index (χ2v) is 14.0. The summed E-state index contributed by atoms with van der Waals surface area (Å²) >= 11 is 2.09. The Kier molecular flexibility index (Phi) is 17.1. The Bertz CT molecular complexity index is 1220. The number of aryl methyl sites for hydroxylation is 2. The Labute approximate surface area is 270 Å². The monoisotopic (exact) mass is 659 g/mol. The first-order chi connectivity index (χ1) is 21.5. The van der Waals surface area contributed by atoms with Gasteiger partial charge >= 0.3 is 19.7 Å². The lowest BCUT2D eigenvalue weighted by Gasteiger charge is -2.25. The normalized spacial score (nSPS) is 11.2. The molecule has 0 heterocycles. The highest BCUT2D eigenvalue weighted by atomic mass is 32.2. The molecule has 0 fully saturated rings. The van der Waals surface area contributed by atoms with Crippen LogP contribution in [0.2, 0.25) is 0 Å². The molecule has 3 aromatic rings. The molecule has 3 rings (SSSR count). The summed E-state index contributed by atoms with van der Waals surface area (Å²) < 4.78 is 36.4. The zero-order valence-electron chi connectivity index (χ0n) is 25.2. The highest BCUT2D eigenvalue weighted by Gasteiger charge is 2.34. The Morgan fingerprint density at radius 2 is 1.20 bits per heavy atom. The summed E-state index contributed by atoms with van der Waals surface area (Å²) in [7, 11) is -3.89. The van der Waals surface area contributed by atoms with Crippen molar-refractivity contribution in [1.82, 2.24) is 4.90 Å². The largest absolute Gasteiger partial charge is 0.464 e. The van der Waals surface area contributed by atoms with E-state index in [0.29, 0.717) is 17.9 Å². The van der Waals surface area contributed by atoms with Gasteiger partial charge in [-0.15, -0.1) is 0 Å². The summed E-state index contributed by atoms with van der Waals surface area (Å²) in [6.07, 6.45) is 3.58. The first kappa shape index (κ1) is 35.7. The number of carbonyl (C=O) groups is 2. The van der Waals surface area contributed by atoms with Gasteiger partial charge in [-0.1, -0.05) is 104 Å². The summed E-state index contributed by atoms with van der Waals surface area (Å²) in [6, 6.07) is 29.4. The Morgan fingerprint density at radius 1 is 0.705 bits per heavy atom. The molecule has 0 unspecified atom stereocenters. The van der Waals surface area contributed by atoms with E-state index in [0.717, 1.165) is 66.7 Å². The molecule has 11 heteroatoms. The van der Waals surface area contributed by atoms with Gasteiger partial charge in [0.1, 0.15) is 19.4 Å². The molecular formula is C33H42NO7PS2. The summed E-state index contributed by atoms with van der Waals surface area (Å²) in [5.74, 6) is 0.518. The van der Waals surface area contributed by atoms with E-state index in [1.807, 2.05) is 73.7 Å². The summed E-state index contributed by atoms with van der Waals surface area (Å²) in [4.78, 5) is 26.8. The van der Waals surface area contributed by atoms with Crippen LogP contribution in [-0.4, -0.2) is 47.9 Å². The molecule has 0 saturated carbocycles. The van der Waals surface area contributed by atoms with Crippen molar-refractivity contribution in [3.63, 3.8) is 0 Å². The topological polar surface area (TPSA) is 91.4 Å². The lowest BCUT2D eigenvalue weighted by molar-refractivity contribution is -0.144. The third-order valence-corrected chi connectivity index (χ3v) is 10.6. The molecule has 0 bridgehead atoms. The molecule has 0 atom stereocenters. The van der Waals surface area contributed by atoms with Crippen molar-refractivity contribution in [3.8, 4) is 0 Å². The van der Waals surface area contributed by atoms with Crippen LogP contribution in [0.4, 0.5) is 4.79 Å². The third-order valence-electron chi connectivity index (χ3n) is 6.29. The molecule has 0 aromatic heterocycles. The molecule has 0 aliphatic heterocycles. The van der Waals surface area contributed by atoms with E-state index >= 15 is 0 Å². The van der Waals surface area contributed by atoms with Gasteiger partial charge in [0.2, 0.25) is 0 Å². The lowest BCUT2D eigenvalue weighted by Crippen LogP contribution is -2.37. The fourth-order valence-electron chi connectivity index (χ4n) is 3.98. The van der Waals surface area contributed by atoms with Gasteiger partial charge in [0.15, 0.2) is 0 Å². The van der Waals surface area contributed by atoms with Crippen LogP contribution in [0, 0.1) is 0 Å². The number of amides is 1. The highest BCUT2D eigenvalue weighted by molar-refractivity contribution is 8.01. The lowest BCUT2D eigenvalue weighted by atomic mass is 10.1. The molecule has 3 aromatic carbocycles. The molecule has 0 N–H and O–H groups in total. The van der Waals surface area contributed by atoms with E-state index < -0.39 is 32.5 Å². The molecule has 0 spiro atoms. The van der Waals surface area contributed by atoms with Crippen LogP contribution >= 0.6 is 31.7 Å². The van der Waals surface area contributed by atoms with Crippen molar-refractivity contribution in [2.24, 2.45) is 0 Å². The van der Waals surface area contributed by atoms with Crippen LogP contribution in [0.1, 0.15) is 49.3 Å². The van der Waals surface area contributed by atoms with Crippen LogP contribution in [0.3, 0.4) is 0 Å². The van der Waals surface area contributed by atoms with E-state index in [1.165, 1.54) is 11.1 Å². The standard InChI is InChI=1S/C33H42NO7PS2/c1-2-3-23-38-32(35)26-34(33(36)39-27-31-19-11-6-12-20-31)28-42(37,40-43-24-13-21-29-15-7-4-8-16-29)41-44-25-14-22-30-17-9-5-10-18-30/h4-12,15-20H,2-3,13-14,21-28H2,1H3. The average molecular weight is 660 g/mol. The number of hydrogen-bond donors (Lipinski definition) is 0. The summed E-state index contributed by atoms with van der Waals surface area (Å²) in [6.45, 7) is 1.78. The van der Waals surface area contributed by atoms with E-state index in [4.69, 9.17) is 17.4 Å². The molecule has 44 heavy (non-hydrogen) atoms. The van der Waals surface area contributed by atoms with Crippen LogP contribution in [0.25, 0.3) is 0 Å². The van der Waals surface area contributed by atoms with Gasteiger partial charge in [0.25, 0.3) is 0 Å². The van der Waals surface area contributed by atoms with Crippen molar-refractivity contribution in [2.45, 2.75) is 52.1 Å². The number of carbonyl (C=O) groups excluding carboxylic acids is 2. The minimum Gasteiger partial charge on any atom is -0.464 e. The van der Waals surface area contributed by atoms with E-state index in [1.54, 1.807) is 0 Å². The van der Waals surface area contributed by atoms with Crippen molar-refractivity contribution in [3.05, 3.63) is 108 Å². The molecule has 0 saturated heterocycles. The van der Waals surface area contributed by atoms with Crippen molar-refractivity contribution < 1.29 is 31.6 Å². The Hall–Kier alpha value is -2.75. The molecule has 238 valence electrons. The zero-order valence-corrected chi connectivity index (χ0v) is 27.7. The molecule has 0 radical (unpaired) electrons. The van der Waals surface area contributed by atoms with Gasteiger partial charge in [-0.3, -0.25) is 14.3 Å². The molecular weight excluding hydrogens is 617 g/mol. The van der Waals surface area contributed by atoms with Gasteiger partial charge < -0.3 is 9.47 Å². The van der Waals surface area contributed by atoms with Crippen LogP contribution in [0.15, 0.2) is 91.0 Å². The van der Waals surface area contributed by atoms with Gasteiger partial charge in [-0.05, 0) is 48.8 Å². The fourth-order valence-corrected chi connectivity index (χ4v) is 7.72. The number of esters is 1. The third kappa shape index (κ3) is 14.8. The molecule has 1 amide bonds. The van der Waals surface area contributed by atoms with Gasteiger partial charge in [0.05, 0.1) is 6.61 Å². The van der Waals surface area contributed by atoms with E-state index in [-0.39, 0.29) is 13.2 Å². The SMILES string of the molecule is CCCCOC(=O)CN(CP(=O)(OSCCCc1ccccc1)OSCCCc1ccccc1)C(=O)OCc1ccccc1. The maximum Gasteiger partial charge on any atom is 0.411 e. The summed E-state index contributed by atoms with van der Waals surface area (Å²) in [5.41, 5.74) is 3.19. The van der Waals surface area contributed by atoms with Gasteiger partial charge in [-0.2, -0.15) is 0 Å². The van der Waals surface area contributed by atoms with Gasteiger partial charge in [-0.25, -0.2) is 12.7 Å². The van der Waals surface area contributed by atoms with Crippen LogP contribution in [0.5, 0.6) is 0 Å².